The van der Waals surface area contributed by atoms with E-state index < -0.39 is 0 Å². The van der Waals surface area contributed by atoms with Crippen molar-refractivity contribution >= 4 is 28.6 Å². The molecule has 3 rings (SSSR count). The standard InChI is InChI=1S/C15H20N4O3S/c1-18-13(20)3-2-12(17-18)19-7-4-10(5-8-19)14(21)16-11-6-9-23-15(11)22/h2-3,10-11H,4-9H2,1H3,(H,16,21)/t11-/m0/s1. The van der Waals surface area contributed by atoms with Crippen LogP contribution < -0.4 is 15.8 Å². The topological polar surface area (TPSA) is 84.3 Å². The Hall–Kier alpha value is -1.83. The van der Waals surface area contributed by atoms with Gasteiger partial charge in [0.2, 0.25) is 11.0 Å². The predicted molar refractivity (Wildman–Crippen MR) is 88.4 cm³/mol. The number of carbonyl (C=O) groups is 2. The summed E-state index contributed by atoms with van der Waals surface area (Å²) >= 11 is 1.30. The molecule has 0 aliphatic carbocycles. The smallest absolute Gasteiger partial charge is 0.266 e. The van der Waals surface area contributed by atoms with Crippen LogP contribution in [0.2, 0.25) is 0 Å². The number of nitrogens with zero attached hydrogens (tertiary/aromatic N) is 3. The van der Waals surface area contributed by atoms with Crippen LogP contribution in [0.3, 0.4) is 0 Å². The summed E-state index contributed by atoms with van der Waals surface area (Å²) in [5, 5.41) is 7.20. The number of piperidine rings is 1. The molecular weight excluding hydrogens is 316 g/mol. The van der Waals surface area contributed by atoms with Gasteiger partial charge in [0.15, 0.2) is 0 Å². The second kappa shape index (κ2) is 6.74. The van der Waals surface area contributed by atoms with E-state index in [1.54, 1.807) is 13.1 Å². The third kappa shape index (κ3) is 3.57. The Morgan fingerprint density at radius 1 is 1.26 bits per heavy atom. The number of hydrogen-bond acceptors (Lipinski definition) is 6. The number of amides is 1. The lowest BCUT2D eigenvalue weighted by molar-refractivity contribution is -0.128. The molecule has 23 heavy (non-hydrogen) atoms. The van der Waals surface area contributed by atoms with Crippen LogP contribution in [-0.4, -0.2) is 45.7 Å². The minimum Gasteiger partial charge on any atom is -0.355 e. The van der Waals surface area contributed by atoms with Gasteiger partial charge in [0.1, 0.15) is 5.82 Å². The summed E-state index contributed by atoms with van der Waals surface area (Å²) in [7, 11) is 1.63. The zero-order valence-electron chi connectivity index (χ0n) is 13.0. The van der Waals surface area contributed by atoms with Crippen LogP contribution in [0.1, 0.15) is 19.3 Å². The first kappa shape index (κ1) is 16.0. The van der Waals surface area contributed by atoms with Crippen LogP contribution >= 0.6 is 11.8 Å². The number of nitrogens with one attached hydrogen (secondary N) is 1. The highest BCUT2D eigenvalue weighted by atomic mass is 32.2. The lowest BCUT2D eigenvalue weighted by Gasteiger charge is -2.32. The van der Waals surface area contributed by atoms with Crippen molar-refractivity contribution in [2.24, 2.45) is 13.0 Å². The minimum absolute atomic E-state index is 0.0149. The highest BCUT2D eigenvalue weighted by molar-refractivity contribution is 8.14. The molecule has 2 aliphatic rings. The molecule has 0 spiro atoms. The Morgan fingerprint density at radius 3 is 2.61 bits per heavy atom. The first-order valence-electron chi connectivity index (χ1n) is 7.81. The van der Waals surface area contributed by atoms with E-state index in [0.717, 1.165) is 43.9 Å². The first-order chi connectivity index (χ1) is 11.0. The van der Waals surface area contributed by atoms with Crippen LogP contribution in [0.4, 0.5) is 5.82 Å². The average molecular weight is 336 g/mol. The zero-order chi connectivity index (χ0) is 16.4. The Bertz CT molecular complexity index is 667. The molecule has 0 bridgehead atoms. The first-order valence-corrected chi connectivity index (χ1v) is 8.79. The lowest BCUT2D eigenvalue weighted by atomic mass is 9.95. The van der Waals surface area contributed by atoms with Crippen LogP contribution in [0.25, 0.3) is 0 Å². The van der Waals surface area contributed by atoms with Gasteiger partial charge in [0.25, 0.3) is 5.56 Å². The zero-order valence-corrected chi connectivity index (χ0v) is 13.8. The van der Waals surface area contributed by atoms with E-state index in [1.807, 2.05) is 0 Å². The van der Waals surface area contributed by atoms with E-state index in [0.29, 0.717) is 0 Å². The summed E-state index contributed by atoms with van der Waals surface area (Å²) in [5.41, 5.74) is -0.137. The van der Waals surface area contributed by atoms with Crippen LogP contribution in [0.5, 0.6) is 0 Å². The second-order valence-electron chi connectivity index (χ2n) is 5.93. The number of aryl methyl sites for hydroxylation is 1. The fourth-order valence-electron chi connectivity index (χ4n) is 2.95. The van der Waals surface area contributed by atoms with Gasteiger partial charge in [-0.1, -0.05) is 11.8 Å². The molecule has 0 aromatic carbocycles. The summed E-state index contributed by atoms with van der Waals surface area (Å²) in [6.07, 6.45) is 2.19. The number of hydrogen-bond donors (Lipinski definition) is 1. The van der Waals surface area contributed by atoms with Crippen molar-refractivity contribution < 1.29 is 9.59 Å². The van der Waals surface area contributed by atoms with Gasteiger partial charge in [-0.25, -0.2) is 4.68 Å². The van der Waals surface area contributed by atoms with Crippen molar-refractivity contribution in [1.29, 1.82) is 0 Å². The van der Waals surface area contributed by atoms with Crippen molar-refractivity contribution in [3.05, 3.63) is 22.5 Å². The summed E-state index contributed by atoms with van der Waals surface area (Å²) < 4.78 is 1.32. The van der Waals surface area contributed by atoms with Gasteiger partial charge in [-0.15, -0.1) is 0 Å². The molecule has 2 aliphatic heterocycles. The van der Waals surface area contributed by atoms with E-state index >= 15 is 0 Å². The predicted octanol–water partition coefficient (Wildman–Crippen LogP) is 0.145. The highest BCUT2D eigenvalue weighted by Gasteiger charge is 2.31. The van der Waals surface area contributed by atoms with Gasteiger partial charge in [-0.3, -0.25) is 14.4 Å². The van der Waals surface area contributed by atoms with E-state index in [-0.39, 0.29) is 28.5 Å². The van der Waals surface area contributed by atoms with Crippen LogP contribution in [0.15, 0.2) is 16.9 Å². The highest BCUT2D eigenvalue weighted by Crippen LogP contribution is 2.23. The van der Waals surface area contributed by atoms with Crippen molar-refractivity contribution in [3.8, 4) is 0 Å². The molecule has 2 saturated heterocycles. The number of rotatable bonds is 3. The van der Waals surface area contributed by atoms with Gasteiger partial charge in [-0.2, -0.15) is 5.10 Å². The fraction of sp³-hybridized carbons (Fsp3) is 0.600. The maximum atomic E-state index is 12.3. The second-order valence-corrected chi connectivity index (χ2v) is 7.03. The largest absolute Gasteiger partial charge is 0.355 e. The number of carbonyl (C=O) groups excluding carboxylic acids is 2. The number of anilines is 1. The molecule has 1 atom stereocenters. The Morgan fingerprint density at radius 2 is 2.00 bits per heavy atom. The van der Waals surface area contributed by atoms with Gasteiger partial charge >= 0.3 is 0 Å². The van der Waals surface area contributed by atoms with Gasteiger partial charge in [0.05, 0.1) is 6.04 Å². The third-order valence-electron chi connectivity index (χ3n) is 4.39. The lowest BCUT2D eigenvalue weighted by Crippen LogP contribution is -2.45. The average Bonchev–Trinajstić information content (AvgIpc) is 2.95. The van der Waals surface area contributed by atoms with Crippen molar-refractivity contribution in [2.45, 2.75) is 25.3 Å². The summed E-state index contributed by atoms with van der Waals surface area (Å²) in [6.45, 7) is 1.44. The van der Waals surface area contributed by atoms with Gasteiger partial charge < -0.3 is 10.2 Å². The van der Waals surface area contributed by atoms with Crippen LogP contribution in [0, 0.1) is 5.92 Å². The van der Waals surface area contributed by atoms with Gasteiger partial charge in [0, 0.05) is 37.9 Å². The van der Waals surface area contributed by atoms with E-state index in [9.17, 15) is 14.4 Å². The molecule has 1 amide bonds. The Kier molecular flexibility index (Phi) is 4.70. The monoisotopic (exact) mass is 336 g/mol. The van der Waals surface area contributed by atoms with E-state index in [1.165, 1.54) is 22.5 Å². The maximum Gasteiger partial charge on any atom is 0.266 e. The molecule has 8 heteroatoms. The minimum atomic E-state index is -0.309. The van der Waals surface area contributed by atoms with Crippen molar-refractivity contribution in [1.82, 2.24) is 15.1 Å². The SMILES string of the molecule is Cn1nc(N2CCC(C(=O)N[C@H]3CCSC3=O)CC2)ccc1=O. The van der Waals surface area contributed by atoms with Crippen LogP contribution in [-0.2, 0) is 16.6 Å². The molecule has 1 N–H and O–H groups in total. The third-order valence-corrected chi connectivity index (χ3v) is 5.40. The molecule has 1 aromatic heterocycles. The summed E-state index contributed by atoms with van der Waals surface area (Å²) in [4.78, 5) is 37.4. The van der Waals surface area contributed by atoms with Crippen molar-refractivity contribution in [2.75, 3.05) is 23.7 Å². The molecule has 2 fully saturated rings. The van der Waals surface area contributed by atoms with E-state index in [2.05, 4.69) is 15.3 Å². The Labute approximate surface area is 138 Å². The molecule has 7 nitrogen and oxygen atoms in total. The quantitative estimate of drug-likeness (QED) is 0.846. The Balaban J connectivity index is 1.55. The molecule has 124 valence electrons. The summed E-state index contributed by atoms with van der Waals surface area (Å²) in [5.74, 6) is 1.48. The normalized spacial score (nSPS) is 22.4. The van der Waals surface area contributed by atoms with Gasteiger partial charge in [-0.05, 0) is 25.3 Å². The summed E-state index contributed by atoms with van der Waals surface area (Å²) in [6, 6.07) is 2.91. The maximum absolute atomic E-state index is 12.3. The number of thioether (sulfide) groups is 1. The molecule has 1 aromatic rings. The van der Waals surface area contributed by atoms with Crippen molar-refractivity contribution in [3.63, 3.8) is 0 Å². The number of aromatic nitrogens is 2. The molecule has 3 heterocycles. The molecular formula is C15H20N4O3S. The molecule has 0 saturated carbocycles. The molecule has 0 radical (unpaired) electrons. The molecule has 0 unspecified atom stereocenters. The van der Waals surface area contributed by atoms with E-state index in [4.69, 9.17) is 0 Å². The fourth-order valence-corrected chi connectivity index (χ4v) is 3.88.